The van der Waals surface area contributed by atoms with E-state index in [0.29, 0.717) is 13.2 Å². The molecule has 9 heteroatoms. The molecule has 1 aliphatic rings. The SMILES string of the molecule is CCCCCC1COB(c2cc(F)c(OC(F)(F)F)c(F)c2)OC1. The normalized spacial score (nSPS) is 16.5. The maximum absolute atomic E-state index is 13.7. The summed E-state index contributed by atoms with van der Waals surface area (Å²) in [6, 6.07) is 1.46. The first kappa shape index (κ1) is 19.0. The summed E-state index contributed by atoms with van der Waals surface area (Å²) in [7, 11) is -1.00. The van der Waals surface area contributed by atoms with Crippen LogP contribution in [-0.4, -0.2) is 26.7 Å². The second kappa shape index (κ2) is 8.16. The average Bonchev–Trinajstić information content (AvgIpc) is 2.51. The van der Waals surface area contributed by atoms with Crippen molar-refractivity contribution in [2.75, 3.05) is 13.2 Å². The Morgan fingerprint density at radius 3 is 2.21 bits per heavy atom. The van der Waals surface area contributed by atoms with Crippen LogP contribution in [-0.2, 0) is 9.31 Å². The fourth-order valence-corrected chi connectivity index (χ4v) is 2.51. The Labute approximate surface area is 137 Å². The highest BCUT2D eigenvalue weighted by molar-refractivity contribution is 6.61. The summed E-state index contributed by atoms with van der Waals surface area (Å²) in [5, 5.41) is 0. The lowest BCUT2D eigenvalue weighted by Crippen LogP contribution is -2.44. The zero-order valence-corrected chi connectivity index (χ0v) is 13.2. The fourth-order valence-electron chi connectivity index (χ4n) is 2.51. The molecule has 0 saturated carbocycles. The first-order chi connectivity index (χ1) is 11.3. The molecular weight excluding hydrogens is 334 g/mol. The first-order valence-corrected chi connectivity index (χ1v) is 7.78. The van der Waals surface area contributed by atoms with E-state index in [1.807, 2.05) is 0 Å². The lowest BCUT2D eigenvalue weighted by atomic mass is 9.77. The van der Waals surface area contributed by atoms with Gasteiger partial charge in [0, 0.05) is 19.1 Å². The summed E-state index contributed by atoms with van der Waals surface area (Å²) in [6.07, 6.45) is -0.987. The molecule has 1 saturated heterocycles. The standard InChI is InChI=1S/C15H18BF5O3/c1-2-3-4-5-10-8-22-16(23-9-10)11-6-12(17)14(13(18)7-11)24-15(19,20)21/h6-7,10H,2-5,8-9H2,1H3. The molecule has 0 amide bonds. The van der Waals surface area contributed by atoms with E-state index in [-0.39, 0.29) is 11.4 Å². The van der Waals surface area contributed by atoms with Gasteiger partial charge in [-0.2, -0.15) is 0 Å². The topological polar surface area (TPSA) is 27.7 Å². The maximum Gasteiger partial charge on any atom is 0.573 e. The van der Waals surface area contributed by atoms with E-state index in [1.54, 1.807) is 0 Å². The minimum absolute atomic E-state index is 0.0217. The summed E-state index contributed by atoms with van der Waals surface area (Å²) in [4.78, 5) is 0. The van der Waals surface area contributed by atoms with Crippen LogP contribution in [0, 0.1) is 17.6 Å². The van der Waals surface area contributed by atoms with Gasteiger partial charge in [0.05, 0.1) is 0 Å². The third-order valence-electron chi connectivity index (χ3n) is 3.69. The second-order valence-electron chi connectivity index (χ2n) is 5.72. The maximum atomic E-state index is 13.7. The monoisotopic (exact) mass is 352 g/mol. The van der Waals surface area contributed by atoms with Crippen LogP contribution in [0.2, 0.25) is 0 Å². The van der Waals surface area contributed by atoms with E-state index < -0.39 is 30.9 Å². The van der Waals surface area contributed by atoms with Gasteiger partial charge in [-0.1, -0.05) is 26.2 Å². The van der Waals surface area contributed by atoms with E-state index in [1.165, 1.54) is 0 Å². The van der Waals surface area contributed by atoms with Crippen LogP contribution in [0.25, 0.3) is 0 Å². The summed E-state index contributed by atoms with van der Waals surface area (Å²) in [5.74, 6) is -4.20. The Morgan fingerprint density at radius 2 is 1.71 bits per heavy atom. The quantitative estimate of drug-likeness (QED) is 0.443. The fraction of sp³-hybridized carbons (Fsp3) is 0.600. The number of hydrogen-bond donors (Lipinski definition) is 0. The van der Waals surface area contributed by atoms with Gasteiger partial charge in [-0.05, 0) is 24.0 Å². The van der Waals surface area contributed by atoms with Crippen molar-refractivity contribution < 1.29 is 36.0 Å². The van der Waals surface area contributed by atoms with Gasteiger partial charge in [-0.25, -0.2) is 8.78 Å². The van der Waals surface area contributed by atoms with E-state index in [4.69, 9.17) is 9.31 Å². The van der Waals surface area contributed by atoms with E-state index in [9.17, 15) is 22.0 Å². The molecule has 1 aromatic rings. The number of ether oxygens (including phenoxy) is 1. The van der Waals surface area contributed by atoms with Gasteiger partial charge in [0.1, 0.15) is 0 Å². The molecule has 1 aliphatic heterocycles. The van der Waals surface area contributed by atoms with E-state index in [2.05, 4.69) is 11.7 Å². The second-order valence-corrected chi connectivity index (χ2v) is 5.72. The van der Waals surface area contributed by atoms with Gasteiger partial charge >= 0.3 is 13.5 Å². The Morgan fingerprint density at radius 1 is 1.12 bits per heavy atom. The van der Waals surface area contributed by atoms with Crippen LogP contribution in [0.3, 0.4) is 0 Å². The molecule has 1 aromatic carbocycles. The van der Waals surface area contributed by atoms with Crippen molar-refractivity contribution in [2.45, 2.75) is 39.0 Å². The smallest absolute Gasteiger partial charge is 0.407 e. The first-order valence-electron chi connectivity index (χ1n) is 7.78. The van der Waals surface area contributed by atoms with E-state index >= 15 is 0 Å². The molecule has 3 nitrogen and oxygen atoms in total. The predicted octanol–water partition coefficient (Wildman–Crippen LogP) is 3.80. The lowest BCUT2D eigenvalue weighted by Gasteiger charge is -2.27. The van der Waals surface area contributed by atoms with Gasteiger partial charge in [0.15, 0.2) is 11.6 Å². The molecule has 0 aliphatic carbocycles. The molecule has 24 heavy (non-hydrogen) atoms. The number of halogens is 5. The highest BCUT2D eigenvalue weighted by atomic mass is 19.4. The molecular formula is C15H18BF5O3. The van der Waals surface area contributed by atoms with Crippen LogP contribution in [0.4, 0.5) is 22.0 Å². The summed E-state index contributed by atoms with van der Waals surface area (Å²) < 4.78 is 78.0. The zero-order valence-electron chi connectivity index (χ0n) is 13.2. The average molecular weight is 352 g/mol. The number of hydrogen-bond acceptors (Lipinski definition) is 3. The number of rotatable bonds is 6. The molecule has 134 valence electrons. The molecule has 0 N–H and O–H groups in total. The summed E-state index contributed by atoms with van der Waals surface area (Å²) in [5.41, 5.74) is -0.0217. The van der Waals surface area contributed by atoms with Crippen LogP contribution < -0.4 is 10.2 Å². The Balaban J connectivity index is 1.99. The van der Waals surface area contributed by atoms with Crippen molar-refractivity contribution in [3.63, 3.8) is 0 Å². The molecule has 0 aromatic heterocycles. The minimum Gasteiger partial charge on any atom is -0.407 e. The summed E-state index contributed by atoms with van der Waals surface area (Å²) >= 11 is 0. The van der Waals surface area contributed by atoms with Crippen LogP contribution in [0.1, 0.15) is 32.6 Å². The third-order valence-corrected chi connectivity index (χ3v) is 3.69. The van der Waals surface area contributed by atoms with Crippen LogP contribution in [0.15, 0.2) is 12.1 Å². The molecule has 0 radical (unpaired) electrons. The van der Waals surface area contributed by atoms with E-state index in [0.717, 1.165) is 37.8 Å². The largest absolute Gasteiger partial charge is 0.573 e. The van der Waals surface area contributed by atoms with Crippen molar-refractivity contribution in [1.29, 1.82) is 0 Å². The van der Waals surface area contributed by atoms with Gasteiger partial charge in [0.25, 0.3) is 0 Å². The molecule has 0 bridgehead atoms. The van der Waals surface area contributed by atoms with Crippen molar-refractivity contribution >= 4 is 12.6 Å². The Bertz CT molecular complexity index is 521. The molecule has 0 spiro atoms. The molecule has 0 atom stereocenters. The van der Waals surface area contributed by atoms with Crippen molar-refractivity contribution in [2.24, 2.45) is 5.92 Å². The number of benzene rings is 1. The number of unbranched alkanes of at least 4 members (excludes halogenated alkanes) is 2. The minimum atomic E-state index is -5.17. The van der Waals surface area contributed by atoms with Gasteiger partial charge in [0.2, 0.25) is 5.75 Å². The predicted molar refractivity (Wildman–Crippen MR) is 78.0 cm³/mol. The zero-order chi connectivity index (χ0) is 17.7. The Hall–Kier alpha value is -1.35. The molecule has 1 heterocycles. The van der Waals surface area contributed by atoms with Gasteiger partial charge < -0.3 is 14.0 Å². The highest BCUT2D eigenvalue weighted by Crippen LogP contribution is 2.28. The van der Waals surface area contributed by atoms with Gasteiger partial charge in [-0.15, -0.1) is 13.2 Å². The highest BCUT2D eigenvalue weighted by Gasteiger charge is 2.36. The van der Waals surface area contributed by atoms with Crippen molar-refractivity contribution in [1.82, 2.24) is 0 Å². The van der Waals surface area contributed by atoms with Crippen LogP contribution >= 0.6 is 0 Å². The molecule has 2 rings (SSSR count). The van der Waals surface area contributed by atoms with Crippen molar-refractivity contribution in [3.8, 4) is 5.75 Å². The van der Waals surface area contributed by atoms with Gasteiger partial charge in [-0.3, -0.25) is 0 Å². The molecule has 0 unspecified atom stereocenters. The third kappa shape index (κ3) is 5.34. The van der Waals surface area contributed by atoms with Crippen LogP contribution in [0.5, 0.6) is 5.75 Å². The Kier molecular flexibility index (Phi) is 6.45. The lowest BCUT2D eigenvalue weighted by molar-refractivity contribution is -0.276. The molecule has 1 fully saturated rings. The van der Waals surface area contributed by atoms with Crippen molar-refractivity contribution in [3.05, 3.63) is 23.8 Å². The number of alkyl halides is 3. The summed E-state index contributed by atoms with van der Waals surface area (Å²) in [6.45, 7) is 2.84.